The summed E-state index contributed by atoms with van der Waals surface area (Å²) in [4.78, 5) is 43.3. The van der Waals surface area contributed by atoms with Gasteiger partial charge in [0.2, 0.25) is 10.0 Å². The molecular weight excluding hydrogens is 622 g/mol. The molecule has 3 N–H and O–H groups in total. The van der Waals surface area contributed by atoms with Crippen molar-refractivity contribution in [3.05, 3.63) is 100 Å². The zero-order valence-corrected chi connectivity index (χ0v) is 25.7. The Morgan fingerprint density at radius 2 is 1.57 bits per heavy atom. The molecule has 9 nitrogen and oxygen atoms in total. The van der Waals surface area contributed by atoms with E-state index in [-0.39, 0.29) is 37.2 Å². The Morgan fingerprint density at radius 3 is 2.14 bits per heavy atom. The summed E-state index contributed by atoms with van der Waals surface area (Å²) in [6.45, 7) is 1.67. The minimum atomic E-state index is -4.02. The molecule has 222 valence electrons. The first-order valence-corrected chi connectivity index (χ1v) is 16.2. The van der Waals surface area contributed by atoms with Crippen molar-refractivity contribution < 1.29 is 27.5 Å². The molecule has 1 aliphatic carbocycles. The number of imide groups is 1. The maximum Gasteiger partial charge on any atom is 0.329 e. The lowest BCUT2D eigenvalue weighted by atomic mass is 9.94. The highest BCUT2D eigenvalue weighted by Crippen LogP contribution is 2.35. The monoisotopic (exact) mass is 655 g/mol. The maximum absolute atomic E-state index is 14.7. The molecule has 1 fully saturated rings. The lowest BCUT2D eigenvalue weighted by Gasteiger charge is -2.37. The van der Waals surface area contributed by atoms with E-state index >= 15 is 0 Å². The Morgan fingerprint density at radius 1 is 0.976 bits per heavy atom. The van der Waals surface area contributed by atoms with Gasteiger partial charge in [0.15, 0.2) is 0 Å². The number of nitrogens with zero attached hydrogens (tertiary/aromatic N) is 1. The third kappa shape index (κ3) is 7.45. The summed E-state index contributed by atoms with van der Waals surface area (Å²) in [6, 6.07) is 20.8. The van der Waals surface area contributed by atoms with E-state index in [0.29, 0.717) is 34.1 Å². The van der Waals surface area contributed by atoms with Crippen molar-refractivity contribution in [3.8, 4) is 0 Å². The van der Waals surface area contributed by atoms with Gasteiger partial charge in [-0.3, -0.25) is 14.5 Å². The van der Waals surface area contributed by atoms with Crippen LogP contribution in [0.1, 0.15) is 54.1 Å². The van der Waals surface area contributed by atoms with Crippen molar-refractivity contribution in [1.29, 1.82) is 0 Å². The minimum absolute atomic E-state index is 0.0173. The molecule has 0 aliphatic heterocycles. The molecule has 0 bridgehead atoms. The molecule has 0 aromatic heterocycles. The third-order valence-corrected chi connectivity index (χ3v) is 9.29. The second kappa shape index (κ2) is 13.6. The summed E-state index contributed by atoms with van der Waals surface area (Å²) in [7, 11) is -4.02. The van der Waals surface area contributed by atoms with Crippen LogP contribution in [0.5, 0.6) is 0 Å². The van der Waals surface area contributed by atoms with Crippen molar-refractivity contribution in [2.45, 2.75) is 56.4 Å². The highest BCUT2D eigenvalue weighted by atomic mass is 79.9. The van der Waals surface area contributed by atoms with Crippen LogP contribution in [0.3, 0.4) is 0 Å². The molecule has 0 saturated heterocycles. The Bertz CT molecular complexity index is 1530. The summed E-state index contributed by atoms with van der Waals surface area (Å²) in [5.74, 6) is -2.67. The molecule has 0 heterocycles. The fraction of sp³-hybridized carbons (Fsp3) is 0.323. The molecule has 2 amide bonds. The van der Waals surface area contributed by atoms with Gasteiger partial charge in [-0.15, -0.1) is 0 Å². The maximum atomic E-state index is 14.7. The van der Waals surface area contributed by atoms with Crippen LogP contribution in [0.4, 0.5) is 5.69 Å². The summed E-state index contributed by atoms with van der Waals surface area (Å²) in [5.41, 5.74) is 6.01. The number of rotatable bonds is 11. The quantitative estimate of drug-likeness (QED) is 0.175. The topological polar surface area (TPSA) is 136 Å². The molecule has 3 aromatic carbocycles. The fourth-order valence-electron chi connectivity index (χ4n) is 5.26. The predicted molar refractivity (Wildman–Crippen MR) is 164 cm³/mol. The standard InChI is InChI=1S/C31H34BrN3O6S/c1-2-41-29(37)27(19-22-11-5-3-6-12-22)35(28(36)25-16-15-24(33)20-26(25)32)30(38)31(17-9-10-18-31)34-42(39,40)21-23-13-7-4-8-14-23/h3-8,11-16,20,27,34H,2,9-10,17-19,21,33H2,1H3/t27-/m0/s1. The first-order chi connectivity index (χ1) is 20.0. The van der Waals surface area contributed by atoms with E-state index in [4.69, 9.17) is 10.5 Å². The van der Waals surface area contributed by atoms with Gasteiger partial charge in [-0.05, 0) is 65.0 Å². The van der Waals surface area contributed by atoms with E-state index in [9.17, 15) is 22.8 Å². The molecule has 0 unspecified atom stereocenters. The number of hydrogen-bond acceptors (Lipinski definition) is 7. The largest absolute Gasteiger partial charge is 0.464 e. The number of halogens is 1. The molecule has 0 radical (unpaired) electrons. The summed E-state index contributed by atoms with van der Waals surface area (Å²) < 4.78 is 35.2. The van der Waals surface area contributed by atoms with Crippen LogP contribution in [0.15, 0.2) is 83.3 Å². The predicted octanol–water partition coefficient (Wildman–Crippen LogP) is 4.61. The number of hydrogen-bond donors (Lipinski definition) is 2. The van der Waals surface area contributed by atoms with E-state index in [1.807, 2.05) is 6.07 Å². The van der Waals surface area contributed by atoms with Gasteiger partial charge >= 0.3 is 5.97 Å². The average Bonchev–Trinajstić information content (AvgIpc) is 3.42. The number of esters is 1. The summed E-state index contributed by atoms with van der Waals surface area (Å²) in [5, 5.41) is 0. The van der Waals surface area contributed by atoms with Gasteiger partial charge in [0, 0.05) is 16.6 Å². The van der Waals surface area contributed by atoms with Crippen LogP contribution in [0, 0.1) is 0 Å². The second-order valence-electron chi connectivity index (χ2n) is 10.3. The zero-order chi connectivity index (χ0) is 30.3. The van der Waals surface area contributed by atoms with Crippen molar-refractivity contribution >= 4 is 49.4 Å². The number of nitrogen functional groups attached to an aromatic ring is 1. The summed E-state index contributed by atoms with van der Waals surface area (Å²) >= 11 is 3.37. The number of amides is 2. The van der Waals surface area contributed by atoms with Crippen LogP contribution in [0.25, 0.3) is 0 Å². The van der Waals surface area contributed by atoms with Crippen LogP contribution in [-0.2, 0) is 36.5 Å². The fourth-order valence-corrected chi connectivity index (χ4v) is 7.42. The van der Waals surface area contributed by atoms with Crippen LogP contribution in [-0.4, -0.2) is 49.3 Å². The molecule has 0 spiro atoms. The van der Waals surface area contributed by atoms with Gasteiger partial charge in [0.25, 0.3) is 11.8 Å². The number of carbonyl (C=O) groups excluding carboxylic acids is 3. The van der Waals surface area contributed by atoms with E-state index in [0.717, 1.165) is 4.90 Å². The highest BCUT2D eigenvalue weighted by Gasteiger charge is 2.51. The lowest BCUT2D eigenvalue weighted by molar-refractivity contribution is -0.154. The Balaban J connectivity index is 1.81. The number of ether oxygens (including phenoxy) is 1. The molecule has 1 saturated carbocycles. The Kier molecular flexibility index (Phi) is 10.2. The molecule has 11 heteroatoms. The van der Waals surface area contributed by atoms with Crippen LogP contribution >= 0.6 is 15.9 Å². The normalized spacial score (nSPS) is 15.1. The molecule has 42 heavy (non-hydrogen) atoms. The number of anilines is 1. The highest BCUT2D eigenvalue weighted by molar-refractivity contribution is 9.10. The van der Waals surface area contributed by atoms with E-state index in [1.165, 1.54) is 18.2 Å². The number of nitrogens with two attached hydrogens (primary N) is 1. The third-order valence-electron chi connectivity index (χ3n) is 7.22. The number of benzene rings is 3. The van der Waals surface area contributed by atoms with Gasteiger partial charge in [-0.1, -0.05) is 73.5 Å². The Labute approximate surface area is 254 Å². The zero-order valence-electron chi connectivity index (χ0n) is 23.3. The number of carbonyl (C=O) groups is 3. The van der Waals surface area contributed by atoms with Crippen molar-refractivity contribution in [1.82, 2.24) is 9.62 Å². The first kappa shape index (κ1) is 31.4. The minimum Gasteiger partial charge on any atom is -0.464 e. The lowest BCUT2D eigenvalue weighted by Crippen LogP contribution is -2.63. The van der Waals surface area contributed by atoms with Gasteiger partial charge in [0.05, 0.1) is 17.9 Å². The molecule has 1 atom stereocenters. The molecule has 3 aromatic rings. The molecule has 1 aliphatic rings. The van der Waals surface area contributed by atoms with Crippen LogP contribution in [0.2, 0.25) is 0 Å². The first-order valence-electron chi connectivity index (χ1n) is 13.7. The van der Waals surface area contributed by atoms with Crippen LogP contribution < -0.4 is 10.5 Å². The van der Waals surface area contributed by atoms with Crippen molar-refractivity contribution in [3.63, 3.8) is 0 Å². The Hall–Kier alpha value is -3.54. The molecule has 4 rings (SSSR count). The van der Waals surface area contributed by atoms with Crippen molar-refractivity contribution in [2.75, 3.05) is 12.3 Å². The molecular formula is C31H34BrN3O6S. The van der Waals surface area contributed by atoms with Gasteiger partial charge in [-0.25, -0.2) is 13.2 Å². The van der Waals surface area contributed by atoms with Gasteiger partial charge < -0.3 is 10.5 Å². The summed E-state index contributed by atoms with van der Waals surface area (Å²) in [6.07, 6.45) is 1.46. The van der Waals surface area contributed by atoms with Gasteiger partial charge in [-0.2, -0.15) is 4.72 Å². The SMILES string of the molecule is CCOC(=O)[C@H](Cc1ccccc1)N(C(=O)c1ccc(N)cc1Br)C(=O)C1(NS(=O)(=O)Cc2ccccc2)CCCC1. The van der Waals surface area contributed by atoms with Crippen molar-refractivity contribution in [2.24, 2.45) is 0 Å². The second-order valence-corrected chi connectivity index (χ2v) is 12.9. The van der Waals surface area contributed by atoms with E-state index < -0.39 is 39.4 Å². The van der Waals surface area contributed by atoms with E-state index in [1.54, 1.807) is 61.5 Å². The smallest absolute Gasteiger partial charge is 0.329 e. The average molecular weight is 657 g/mol. The van der Waals surface area contributed by atoms with E-state index in [2.05, 4.69) is 20.7 Å². The van der Waals surface area contributed by atoms with Gasteiger partial charge in [0.1, 0.15) is 11.6 Å². The number of sulfonamides is 1. The number of nitrogens with one attached hydrogen (secondary N) is 1.